The lowest BCUT2D eigenvalue weighted by molar-refractivity contribution is -0.123. The highest BCUT2D eigenvalue weighted by atomic mass is 16.5. The number of amides is 1. The van der Waals surface area contributed by atoms with Gasteiger partial charge in [0.25, 0.3) is 0 Å². The van der Waals surface area contributed by atoms with Crippen molar-refractivity contribution in [3.8, 4) is 5.75 Å². The number of ether oxygens (including phenoxy) is 1. The Bertz CT molecular complexity index is 428. The van der Waals surface area contributed by atoms with Crippen LogP contribution in [-0.4, -0.2) is 38.2 Å². The molecule has 1 aromatic rings. The van der Waals surface area contributed by atoms with Crippen LogP contribution in [0.2, 0.25) is 0 Å². The Morgan fingerprint density at radius 1 is 1.42 bits per heavy atom. The van der Waals surface area contributed by atoms with Gasteiger partial charge in [-0.2, -0.15) is 0 Å². The van der Waals surface area contributed by atoms with Gasteiger partial charge >= 0.3 is 0 Å². The molecule has 0 saturated carbocycles. The quantitative estimate of drug-likeness (QED) is 0.729. The molecule has 3 N–H and O–H groups in total. The molecule has 5 nitrogen and oxygen atoms in total. The smallest absolute Gasteiger partial charge is 0.238 e. The molecular formula is C14H21N3O2. The van der Waals surface area contributed by atoms with Gasteiger partial charge in [-0.15, -0.1) is 0 Å². The summed E-state index contributed by atoms with van der Waals surface area (Å²) in [4.78, 5) is 12.0. The van der Waals surface area contributed by atoms with Crippen molar-refractivity contribution in [2.75, 3.05) is 20.2 Å². The molecule has 1 amide bonds. The zero-order valence-corrected chi connectivity index (χ0v) is 11.4. The fraction of sp³-hybridized carbons (Fsp3) is 0.500. The number of carbonyl (C=O) groups is 1. The second kappa shape index (κ2) is 6.54. The molecule has 1 aliphatic rings. The van der Waals surface area contributed by atoms with Crippen LogP contribution in [0.1, 0.15) is 12.5 Å². The maximum atomic E-state index is 12.0. The molecule has 0 bridgehead atoms. The molecule has 0 aromatic heterocycles. The first-order chi connectivity index (χ1) is 9.19. The first kappa shape index (κ1) is 13.8. The molecule has 104 valence electrons. The van der Waals surface area contributed by atoms with Crippen molar-refractivity contribution in [2.24, 2.45) is 0 Å². The summed E-state index contributed by atoms with van der Waals surface area (Å²) in [5.41, 5.74) is 1.03. The molecule has 1 aromatic carbocycles. The van der Waals surface area contributed by atoms with Crippen molar-refractivity contribution in [1.29, 1.82) is 0 Å². The Morgan fingerprint density at radius 3 is 2.95 bits per heavy atom. The van der Waals surface area contributed by atoms with E-state index in [0.717, 1.165) is 17.9 Å². The summed E-state index contributed by atoms with van der Waals surface area (Å²) >= 11 is 0. The summed E-state index contributed by atoms with van der Waals surface area (Å²) in [5, 5.41) is 9.45. The topological polar surface area (TPSA) is 62.4 Å². The number of hydrogen-bond acceptors (Lipinski definition) is 4. The minimum absolute atomic E-state index is 0.0298. The van der Waals surface area contributed by atoms with Gasteiger partial charge in [-0.1, -0.05) is 12.1 Å². The fourth-order valence-corrected chi connectivity index (χ4v) is 2.06. The predicted molar refractivity (Wildman–Crippen MR) is 74.1 cm³/mol. The number of benzene rings is 1. The van der Waals surface area contributed by atoms with Crippen molar-refractivity contribution in [3.05, 3.63) is 29.8 Å². The lowest BCUT2D eigenvalue weighted by Gasteiger charge is -2.28. The number of piperazine rings is 1. The standard InChI is InChI=1S/C14H21N3O2/c1-10-7-16-13(9-15-10)14(18)17-8-11-4-3-5-12(6-11)19-2/h3-6,10,13,15-16H,7-9H2,1-2H3,(H,17,18). The van der Waals surface area contributed by atoms with Crippen LogP contribution in [0.4, 0.5) is 0 Å². The van der Waals surface area contributed by atoms with Gasteiger partial charge in [-0.25, -0.2) is 0 Å². The SMILES string of the molecule is COc1cccc(CNC(=O)C2CNC(C)CN2)c1. The highest BCUT2D eigenvalue weighted by molar-refractivity contribution is 5.82. The van der Waals surface area contributed by atoms with Gasteiger partial charge in [0.1, 0.15) is 5.75 Å². The monoisotopic (exact) mass is 263 g/mol. The molecule has 19 heavy (non-hydrogen) atoms. The van der Waals surface area contributed by atoms with Crippen LogP contribution in [0, 0.1) is 0 Å². The lowest BCUT2D eigenvalue weighted by atomic mass is 10.1. The van der Waals surface area contributed by atoms with E-state index < -0.39 is 0 Å². The molecule has 2 rings (SSSR count). The zero-order valence-electron chi connectivity index (χ0n) is 11.4. The molecule has 1 fully saturated rings. The Balaban J connectivity index is 1.82. The van der Waals surface area contributed by atoms with Crippen LogP contribution in [0.25, 0.3) is 0 Å². The van der Waals surface area contributed by atoms with Crippen LogP contribution < -0.4 is 20.7 Å². The van der Waals surface area contributed by atoms with Crippen molar-refractivity contribution < 1.29 is 9.53 Å². The minimum Gasteiger partial charge on any atom is -0.497 e. The molecule has 1 aliphatic heterocycles. The number of nitrogens with one attached hydrogen (secondary N) is 3. The summed E-state index contributed by atoms with van der Waals surface area (Å²) < 4.78 is 5.15. The van der Waals surface area contributed by atoms with E-state index >= 15 is 0 Å². The first-order valence-electron chi connectivity index (χ1n) is 6.56. The Hall–Kier alpha value is -1.59. The summed E-state index contributed by atoms with van der Waals surface area (Å²) in [6, 6.07) is 7.97. The first-order valence-corrected chi connectivity index (χ1v) is 6.56. The Morgan fingerprint density at radius 2 is 2.26 bits per heavy atom. The van der Waals surface area contributed by atoms with Gasteiger partial charge < -0.3 is 20.7 Å². The molecule has 1 heterocycles. The molecule has 0 spiro atoms. The van der Waals surface area contributed by atoms with Crippen LogP contribution in [-0.2, 0) is 11.3 Å². The molecule has 2 unspecified atom stereocenters. The maximum Gasteiger partial charge on any atom is 0.238 e. The van der Waals surface area contributed by atoms with Gasteiger partial charge in [0.2, 0.25) is 5.91 Å². The summed E-state index contributed by atoms with van der Waals surface area (Å²) in [5.74, 6) is 0.834. The highest BCUT2D eigenvalue weighted by Crippen LogP contribution is 2.12. The van der Waals surface area contributed by atoms with Crippen molar-refractivity contribution in [1.82, 2.24) is 16.0 Å². The maximum absolute atomic E-state index is 12.0. The van der Waals surface area contributed by atoms with Crippen molar-refractivity contribution >= 4 is 5.91 Å². The van der Waals surface area contributed by atoms with E-state index in [4.69, 9.17) is 4.74 Å². The second-order valence-electron chi connectivity index (χ2n) is 4.84. The average molecular weight is 263 g/mol. The summed E-state index contributed by atoms with van der Waals surface area (Å²) in [6.45, 7) is 4.10. The van der Waals surface area contributed by atoms with Crippen LogP contribution in [0.5, 0.6) is 5.75 Å². The van der Waals surface area contributed by atoms with E-state index in [0.29, 0.717) is 19.1 Å². The van der Waals surface area contributed by atoms with E-state index in [2.05, 4.69) is 22.9 Å². The van der Waals surface area contributed by atoms with E-state index in [-0.39, 0.29) is 11.9 Å². The van der Waals surface area contributed by atoms with Crippen LogP contribution in [0.15, 0.2) is 24.3 Å². The predicted octanol–water partition coefficient (Wildman–Crippen LogP) is 0.261. The molecule has 5 heteroatoms. The third kappa shape index (κ3) is 3.94. The third-order valence-corrected chi connectivity index (χ3v) is 3.26. The summed E-state index contributed by atoms with van der Waals surface area (Å²) in [6.07, 6.45) is 0. The van der Waals surface area contributed by atoms with Gasteiger partial charge in [-0.05, 0) is 24.6 Å². The van der Waals surface area contributed by atoms with Crippen molar-refractivity contribution in [2.45, 2.75) is 25.6 Å². The minimum atomic E-state index is -0.151. The number of hydrogen-bond donors (Lipinski definition) is 3. The lowest BCUT2D eigenvalue weighted by Crippen LogP contribution is -2.58. The van der Waals surface area contributed by atoms with Gasteiger partial charge in [0, 0.05) is 25.7 Å². The van der Waals surface area contributed by atoms with E-state index in [1.165, 1.54) is 0 Å². The van der Waals surface area contributed by atoms with Crippen molar-refractivity contribution in [3.63, 3.8) is 0 Å². The molecule has 1 saturated heterocycles. The van der Waals surface area contributed by atoms with Gasteiger partial charge in [0.05, 0.1) is 13.2 Å². The Kier molecular flexibility index (Phi) is 4.76. The fourth-order valence-electron chi connectivity index (χ4n) is 2.06. The zero-order chi connectivity index (χ0) is 13.7. The molecule has 0 aliphatic carbocycles. The van der Waals surface area contributed by atoms with Gasteiger partial charge in [0.15, 0.2) is 0 Å². The number of rotatable bonds is 4. The van der Waals surface area contributed by atoms with Crippen LogP contribution in [0.3, 0.4) is 0 Å². The largest absolute Gasteiger partial charge is 0.497 e. The normalized spacial score (nSPS) is 22.8. The van der Waals surface area contributed by atoms with Crippen LogP contribution >= 0.6 is 0 Å². The molecular weight excluding hydrogens is 242 g/mol. The highest BCUT2D eigenvalue weighted by Gasteiger charge is 2.22. The number of methoxy groups -OCH3 is 1. The second-order valence-corrected chi connectivity index (χ2v) is 4.84. The van der Waals surface area contributed by atoms with E-state index in [1.807, 2.05) is 24.3 Å². The van der Waals surface area contributed by atoms with Gasteiger partial charge in [-0.3, -0.25) is 4.79 Å². The average Bonchev–Trinajstić information content (AvgIpc) is 2.46. The summed E-state index contributed by atoms with van der Waals surface area (Å²) in [7, 11) is 1.64. The molecule has 0 radical (unpaired) electrons. The van der Waals surface area contributed by atoms with E-state index in [9.17, 15) is 4.79 Å². The Labute approximate surface area is 113 Å². The third-order valence-electron chi connectivity index (χ3n) is 3.26. The molecule has 2 atom stereocenters. The number of carbonyl (C=O) groups excluding carboxylic acids is 1. The van der Waals surface area contributed by atoms with E-state index in [1.54, 1.807) is 7.11 Å².